The van der Waals surface area contributed by atoms with Crippen LogP contribution in [-0.2, 0) is 0 Å². The minimum atomic E-state index is -0.126. The van der Waals surface area contributed by atoms with Gasteiger partial charge in [-0.2, -0.15) is 0 Å². The Morgan fingerprint density at radius 1 is 1.24 bits per heavy atom. The van der Waals surface area contributed by atoms with Gasteiger partial charge in [0.2, 0.25) is 0 Å². The number of hydrogen-bond donors (Lipinski definition) is 1. The van der Waals surface area contributed by atoms with Gasteiger partial charge in [-0.25, -0.2) is 0 Å². The molecular formula is C16H22ClNO3. The number of nitrogens with one attached hydrogen (secondary N) is 1. The fraction of sp³-hybridized carbons (Fsp3) is 0.562. The van der Waals surface area contributed by atoms with Gasteiger partial charge >= 0.3 is 0 Å². The third-order valence-electron chi connectivity index (χ3n) is 3.98. The Hall–Kier alpha value is -1.42. The van der Waals surface area contributed by atoms with Crippen molar-refractivity contribution < 1.29 is 14.3 Å². The maximum Gasteiger partial charge on any atom is 0.255 e. The predicted octanol–water partition coefficient (Wildman–Crippen LogP) is 3.23. The Morgan fingerprint density at radius 2 is 1.95 bits per heavy atom. The molecule has 1 fully saturated rings. The van der Waals surface area contributed by atoms with Crippen LogP contribution in [0.1, 0.15) is 36.0 Å². The molecule has 1 aliphatic rings. The minimum Gasteiger partial charge on any atom is -0.497 e. The highest BCUT2D eigenvalue weighted by molar-refractivity contribution is 6.20. The van der Waals surface area contributed by atoms with Crippen LogP contribution in [0.3, 0.4) is 0 Å². The SMILES string of the molecule is COc1ccc(OC)c(C(=O)NCC2CCC(Cl)CC2)c1. The fourth-order valence-corrected chi connectivity index (χ4v) is 2.90. The monoisotopic (exact) mass is 311 g/mol. The van der Waals surface area contributed by atoms with Gasteiger partial charge < -0.3 is 14.8 Å². The Balaban J connectivity index is 1.96. The first-order valence-electron chi connectivity index (χ1n) is 7.28. The molecule has 0 spiro atoms. The lowest BCUT2D eigenvalue weighted by Gasteiger charge is -2.25. The summed E-state index contributed by atoms with van der Waals surface area (Å²) < 4.78 is 10.4. The molecule has 0 saturated heterocycles. The van der Waals surface area contributed by atoms with Crippen molar-refractivity contribution >= 4 is 17.5 Å². The zero-order valence-electron chi connectivity index (χ0n) is 12.5. The maximum absolute atomic E-state index is 12.3. The molecule has 0 aromatic heterocycles. The van der Waals surface area contributed by atoms with E-state index in [4.69, 9.17) is 21.1 Å². The second-order valence-electron chi connectivity index (χ2n) is 5.39. The van der Waals surface area contributed by atoms with Gasteiger partial charge in [0.1, 0.15) is 11.5 Å². The van der Waals surface area contributed by atoms with Crippen LogP contribution in [0.25, 0.3) is 0 Å². The Kier molecular flexibility index (Phi) is 5.74. The Labute approximate surface area is 130 Å². The summed E-state index contributed by atoms with van der Waals surface area (Å²) in [5.41, 5.74) is 0.503. The van der Waals surface area contributed by atoms with Crippen LogP contribution in [0.5, 0.6) is 11.5 Å². The molecule has 0 bridgehead atoms. The van der Waals surface area contributed by atoms with Crippen LogP contribution in [0.4, 0.5) is 0 Å². The summed E-state index contributed by atoms with van der Waals surface area (Å²) >= 11 is 6.10. The van der Waals surface area contributed by atoms with Crippen LogP contribution in [0, 0.1) is 5.92 Å². The molecule has 116 valence electrons. The minimum absolute atomic E-state index is 0.126. The lowest BCUT2D eigenvalue weighted by molar-refractivity contribution is 0.0940. The summed E-state index contributed by atoms with van der Waals surface area (Å²) in [5, 5.41) is 3.29. The molecule has 1 amide bonds. The van der Waals surface area contributed by atoms with Gasteiger partial charge in [0.15, 0.2) is 0 Å². The molecule has 4 nitrogen and oxygen atoms in total. The van der Waals surface area contributed by atoms with E-state index in [0.29, 0.717) is 34.9 Å². The van der Waals surface area contributed by atoms with Crippen LogP contribution in [0.2, 0.25) is 0 Å². The summed E-state index contributed by atoms with van der Waals surface area (Å²) in [6.45, 7) is 0.683. The van der Waals surface area contributed by atoms with Crippen molar-refractivity contribution in [3.8, 4) is 11.5 Å². The molecule has 1 aromatic carbocycles. The number of hydrogen-bond acceptors (Lipinski definition) is 3. The number of halogens is 1. The summed E-state index contributed by atoms with van der Waals surface area (Å²) in [5.74, 6) is 1.58. The smallest absolute Gasteiger partial charge is 0.255 e. The zero-order chi connectivity index (χ0) is 15.2. The molecule has 21 heavy (non-hydrogen) atoms. The molecule has 1 aliphatic carbocycles. The molecule has 5 heteroatoms. The maximum atomic E-state index is 12.3. The van der Waals surface area contributed by atoms with E-state index in [2.05, 4.69) is 5.32 Å². The summed E-state index contributed by atoms with van der Waals surface area (Å²) in [6, 6.07) is 5.22. The highest BCUT2D eigenvalue weighted by Crippen LogP contribution is 2.27. The van der Waals surface area contributed by atoms with Gasteiger partial charge in [-0.15, -0.1) is 11.6 Å². The third kappa shape index (κ3) is 4.27. The van der Waals surface area contributed by atoms with Gasteiger partial charge in [-0.1, -0.05) is 0 Å². The predicted molar refractivity (Wildman–Crippen MR) is 83.5 cm³/mol. The molecule has 0 unspecified atom stereocenters. The van der Waals surface area contributed by atoms with E-state index in [-0.39, 0.29) is 5.91 Å². The lowest BCUT2D eigenvalue weighted by Crippen LogP contribution is -2.31. The Bertz CT molecular complexity index is 484. The van der Waals surface area contributed by atoms with E-state index >= 15 is 0 Å². The molecule has 2 rings (SSSR count). The standard InChI is InChI=1S/C16H22ClNO3/c1-20-13-7-8-15(21-2)14(9-13)16(19)18-10-11-3-5-12(17)6-4-11/h7-9,11-12H,3-6,10H2,1-2H3,(H,18,19). The molecule has 0 heterocycles. The number of amides is 1. The number of methoxy groups -OCH3 is 2. The van der Waals surface area contributed by atoms with Gasteiger partial charge in [0.25, 0.3) is 5.91 Å². The van der Waals surface area contributed by atoms with Gasteiger partial charge in [-0.05, 0) is 49.8 Å². The Morgan fingerprint density at radius 3 is 2.57 bits per heavy atom. The van der Waals surface area contributed by atoms with E-state index in [1.54, 1.807) is 32.4 Å². The molecule has 0 radical (unpaired) electrons. The zero-order valence-corrected chi connectivity index (χ0v) is 13.3. The third-order valence-corrected chi connectivity index (χ3v) is 4.42. The van der Waals surface area contributed by atoms with Gasteiger partial charge in [0, 0.05) is 11.9 Å². The van der Waals surface area contributed by atoms with Crippen molar-refractivity contribution in [3.63, 3.8) is 0 Å². The molecule has 1 saturated carbocycles. The van der Waals surface area contributed by atoms with E-state index < -0.39 is 0 Å². The fourth-order valence-electron chi connectivity index (χ4n) is 2.65. The number of ether oxygens (including phenoxy) is 2. The lowest BCUT2D eigenvalue weighted by atomic mass is 9.89. The van der Waals surface area contributed by atoms with E-state index in [1.807, 2.05) is 0 Å². The van der Waals surface area contributed by atoms with Gasteiger partial charge in [0.05, 0.1) is 19.8 Å². The number of rotatable bonds is 5. The second kappa shape index (κ2) is 7.55. The molecule has 1 aromatic rings. The topological polar surface area (TPSA) is 47.6 Å². The molecule has 0 atom stereocenters. The van der Waals surface area contributed by atoms with Crippen molar-refractivity contribution in [3.05, 3.63) is 23.8 Å². The van der Waals surface area contributed by atoms with Crippen molar-refractivity contribution in [2.75, 3.05) is 20.8 Å². The van der Waals surface area contributed by atoms with Gasteiger partial charge in [-0.3, -0.25) is 4.79 Å². The van der Waals surface area contributed by atoms with Crippen molar-refractivity contribution in [1.82, 2.24) is 5.32 Å². The highest BCUT2D eigenvalue weighted by atomic mass is 35.5. The summed E-state index contributed by atoms with van der Waals surface area (Å²) in [7, 11) is 3.13. The first-order valence-corrected chi connectivity index (χ1v) is 7.72. The van der Waals surface area contributed by atoms with E-state index in [9.17, 15) is 4.79 Å². The quantitative estimate of drug-likeness (QED) is 0.849. The molecule has 1 N–H and O–H groups in total. The number of carbonyl (C=O) groups excluding carboxylic acids is 1. The summed E-state index contributed by atoms with van der Waals surface area (Å²) in [4.78, 5) is 12.3. The van der Waals surface area contributed by atoms with Crippen LogP contribution in [-0.4, -0.2) is 32.0 Å². The highest BCUT2D eigenvalue weighted by Gasteiger charge is 2.21. The van der Waals surface area contributed by atoms with Crippen LogP contribution >= 0.6 is 11.6 Å². The van der Waals surface area contributed by atoms with E-state index in [0.717, 1.165) is 25.7 Å². The van der Waals surface area contributed by atoms with Crippen molar-refractivity contribution in [2.24, 2.45) is 5.92 Å². The molecule has 0 aliphatic heterocycles. The second-order valence-corrected chi connectivity index (χ2v) is 6.01. The molecular weight excluding hydrogens is 290 g/mol. The van der Waals surface area contributed by atoms with Crippen LogP contribution in [0.15, 0.2) is 18.2 Å². The first kappa shape index (κ1) is 16.0. The largest absolute Gasteiger partial charge is 0.497 e. The van der Waals surface area contributed by atoms with Crippen molar-refractivity contribution in [2.45, 2.75) is 31.1 Å². The van der Waals surface area contributed by atoms with Crippen LogP contribution < -0.4 is 14.8 Å². The first-order chi connectivity index (χ1) is 10.1. The number of alkyl halides is 1. The number of benzene rings is 1. The van der Waals surface area contributed by atoms with Crippen molar-refractivity contribution in [1.29, 1.82) is 0 Å². The summed E-state index contributed by atoms with van der Waals surface area (Å²) in [6.07, 6.45) is 4.21. The average molecular weight is 312 g/mol. The normalized spacial score (nSPS) is 21.7. The van der Waals surface area contributed by atoms with E-state index in [1.165, 1.54) is 0 Å². The average Bonchev–Trinajstić information content (AvgIpc) is 2.53. The number of carbonyl (C=O) groups is 1.